The predicted molar refractivity (Wildman–Crippen MR) is 92.8 cm³/mol. The van der Waals surface area contributed by atoms with Gasteiger partial charge in [0.25, 0.3) is 0 Å². The van der Waals surface area contributed by atoms with Crippen LogP contribution in [0.3, 0.4) is 0 Å². The summed E-state index contributed by atoms with van der Waals surface area (Å²) in [7, 11) is 0. The van der Waals surface area contributed by atoms with Crippen molar-refractivity contribution in [3.8, 4) is 0 Å². The van der Waals surface area contributed by atoms with Crippen LogP contribution in [0, 0.1) is 12.3 Å². The molecule has 1 heterocycles. The third kappa shape index (κ3) is 7.67. The molecule has 0 radical (unpaired) electrons. The maximum Gasteiger partial charge on any atom is 0.211 e. The molecule has 2 rings (SSSR count). The Morgan fingerprint density at radius 1 is 1.27 bits per heavy atom. The highest BCUT2D eigenvalue weighted by molar-refractivity contribution is 5.81. The van der Waals surface area contributed by atoms with Gasteiger partial charge in [-0.15, -0.1) is 0 Å². The third-order valence-electron chi connectivity index (χ3n) is 2.93. The summed E-state index contributed by atoms with van der Waals surface area (Å²) in [5.74, 6) is 0.611. The lowest BCUT2D eigenvalue weighted by molar-refractivity contribution is -0.105. The fourth-order valence-electron chi connectivity index (χ4n) is 1.58. The number of amides is 1. The molecule has 1 atom stereocenters. The third-order valence-corrected chi connectivity index (χ3v) is 2.93. The Balaban J connectivity index is 0.000000360. The van der Waals surface area contributed by atoms with Crippen LogP contribution in [0.1, 0.15) is 46.6 Å². The highest BCUT2D eigenvalue weighted by atomic mass is 16.6. The molecule has 1 aromatic carbocycles. The minimum atomic E-state index is 0.143. The summed E-state index contributed by atoms with van der Waals surface area (Å²) in [5.41, 5.74) is 7.62. The molecule has 0 aromatic heterocycles. The van der Waals surface area contributed by atoms with E-state index in [4.69, 9.17) is 10.6 Å². The number of carbonyl (C=O) groups is 1. The Morgan fingerprint density at radius 2 is 1.82 bits per heavy atom. The van der Waals surface area contributed by atoms with Crippen molar-refractivity contribution in [2.24, 2.45) is 16.3 Å². The van der Waals surface area contributed by atoms with Crippen molar-refractivity contribution >= 4 is 17.9 Å². The van der Waals surface area contributed by atoms with Gasteiger partial charge in [0.05, 0.1) is 0 Å². The van der Waals surface area contributed by atoms with Crippen LogP contribution in [0.5, 0.6) is 0 Å². The van der Waals surface area contributed by atoms with E-state index in [0.29, 0.717) is 12.2 Å². The van der Waals surface area contributed by atoms with Gasteiger partial charge in [0, 0.05) is 17.5 Å². The van der Waals surface area contributed by atoms with Gasteiger partial charge in [-0.05, 0) is 19.1 Å². The molecule has 1 aromatic rings. The number of nitrogens with two attached hydrogens (primary N) is 1. The Morgan fingerprint density at radius 3 is 2.14 bits per heavy atom. The zero-order chi connectivity index (χ0) is 17.2. The molecule has 5 nitrogen and oxygen atoms in total. The average molecular weight is 307 g/mol. The molecule has 0 fully saturated rings. The molecule has 3 N–H and O–H groups in total. The molecule has 124 valence electrons. The highest BCUT2D eigenvalue weighted by Gasteiger charge is 2.31. The second-order valence-electron chi connectivity index (χ2n) is 5.88. The number of hydrogen-bond donors (Lipinski definition) is 2. The smallest absolute Gasteiger partial charge is 0.211 e. The largest absolute Gasteiger partial charge is 0.390 e. The van der Waals surface area contributed by atoms with Gasteiger partial charge in [-0.25, -0.2) is 0 Å². The Labute approximate surface area is 133 Å². The van der Waals surface area contributed by atoms with Gasteiger partial charge in [0.15, 0.2) is 0 Å². The summed E-state index contributed by atoms with van der Waals surface area (Å²) in [6.07, 6.45) is 1.60. The lowest BCUT2D eigenvalue weighted by atomic mass is 9.87. The lowest BCUT2D eigenvalue weighted by Crippen LogP contribution is -2.27. The van der Waals surface area contributed by atoms with Crippen molar-refractivity contribution in [2.45, 2.75) is 54.1 Å². The summed E-state index contributed by atoms with van der Waals surface area (Å²) in [6.45, 7) is 12.4. The number of aryl methyl sites for hydroxylation is 1. The van der Waals surface area contributed by atoms with E-state index in [1.807, 2.05) is 45.0 Å². The summed E-state index contributed by atoms with van der Waals surface area (Å²) in [6, 6.07) is 7.63. The van der Waals surface area contributed by atoms with Crippen LogP contribution in [0.15, 0.2) is 29.4 Å². The molecule has 0 bridgehead atoms. The molecule has 0 aliphatic carbocycles. The van der Waals surface area contributed by atoms with Crippen molar-refractivity contribution in [1.82, 2.24) is 0 Å². The van der Waals surface area contributed by atoms with E-state index >= 15 is 0 Å². The number of amidine groups is 1. The Bertz CT molecular complexity index is 462. The predicted octanol–water partition coefficient (Wildman–Crippen LogP) is 3.68. The molecule has 1 unspecified atom stereocenters. The van der Waals surface area contributed by atoms with E-state index in [2.05, 4.69) is 31.2 Å². The van der Waals surface area contributed by atoms with Gasteiger partial charge in [-0.3, -0.25) is 4.79 Å². The van der Waals surface area contributed by atoms with Crippen LogP contribution in [-0.2, 0) is 9.63 Å². The fraction of sp³-hybridized carbons (Fsp3) is 0.529. The van der Waals surface area contributed by atoms with E-state index in [0.717, 1.165) is 12.1 Å². The first kappa shape index (κ1) is 20.0. The van der Waals surface area contributed by atoms with Gasteiger partial charge >= 0.3 is 0 Å². The molecular weight excluding hydrogens is 278 g/mol. The number of nitrogens with zero attached hydrogens (tertiary/aromatic N) is 1. The number of carbonyl (C=O) groups excluding carboxylic acids is 1. The van der Waals surface area contributed by atoms with Crippen LogP contribution >= 0.6 is 0 Å². The molecule has 5 heteroatoms. The standard InChI is InChI=1S/C8H9NO.C7H14N2O.C2H6/c1-7-2-4-8(5-3-7)9-6-10;1-7(2,3)5-4-6(8)9-10-5;1-2/h2-6H,1H3,(H,9,10);5H,4H2,1-3H3,(H2,8,9);1-2H3. The van der Waals surface area contributed by atoms with Gasteiger partial charge < -0.3 is 15.9 Å². The highest BCUT2D eigenvalue weighted by Crippen LogP contribution is 2.27. The molecule has 22 heavy (non-hydrogen) atoms. The normalized spacial score (nSPS) is 16.1. The lowest BCUT2D eigenvalue weighted by Gasteiger charge is -2.23. The van der Waals surface area contributed by atoms with Gasteiger partial charge in [-0.1, -0.05) is 57.5 Å². The molecule has 0 spiro atoms. The van der Waals surface area contributed by atoms with Crippen LogP contribution in [0.2, 0.25) is 0 Å². The van der Waals surface area contributed by atoms with Crippen LogP contribution < -0.4 is 11.1 Å². The van der Waals surface area contributed by atoms with Crippen molar-refractivity contribution in [3.63, 3.8) is 0 Å². The van der Waals surface area contributed by atoms with Crippen molar-refractivity contribution < 1.29 is 9.63 Å². The maximum atomic E-state index is 9.95. The minimum absolute atomic E-state index is 0.143. The topological polar surface area (TPSA) is 76.7 Å². The minimum Gasteiger partial charge on any atom is -0.390 e. The van der Waals surface area contributed by atoms with E-state index in [1.54, 1.807) is 0 Å². The Kier molecular flexibility index (Phi) is 8.91. The summed E-state index contributed by atoms with van der Waals surface area (Å²) < 4.78 is 0. The van der Waals surface area contributed by atoms with Crippen molar-refractivity contribution in [3.05, 3.63) is 29.8 Å². The van der Waals surface area contributed by atoms with Crippen molar-refractivity contribution in [2.75, 3.05) is 5.32 Å². The zero-order valence-corrected chi connectivity index (χ0v) is 14.5. The molecule has 1 aliphatic heterocycles. The number of oxime groups is 1. The van der Waals surface area contributed by atoms with Gasteiger partial charge in [0.1, 0.15) is 11.9 Å². The van der Waals surface area contributed by atoms with Crippen LogP contribution in [-0.4, -0.2) is 18.3 Å². The number of benzene rings is 1. The van der Waals surface area contributed by atoms with Crippen LogP contribution in [0.4, 0.5) is 5.69 Å². The first-order valence-electron chi connectivity index (χ1n) is 7.58. The molecular formula is C17H29N3O2. The number of nitrogens with one attached hydrogen (secondary N) is 1. The molecule has 1 amide bonds. The number of rotatable bonds is 2. The van der Waals surface area contributed by atoms with Gasteiger partial charge in [-0.2, -0.15) is 0 Å². The molecule has 1 aliphatic rings. The zero-order valence-electron chi connectivity index (χ0n) is 14.5. The number of anilines is 1. The summed E-state index contributed by atoms with van der Waals surface area (Å²) in [5, 5.41) is 6.23. The Hall–Kier alpha value is -2.04. The first-order valence-corrected chi connectivity index (χ1v) is 7.58. The average Bonchev–Trinajstić information content (AvgIpc) is 2.91. The number of hydrogen-bond acceptors (Lipinski definition) is 4. The molecule has 0 saturated heterocycles. The van der Waals surface area contributed by atoms with E-state index in [-0.39, 0.29) is 11.5 Å². The summed E-state index contributed by atoms with van der Waals surface area (Å²) >= 11 is 0. The quantitative estimate of drug-likeness (QED) is 0.818. The van der Waals surface area contributed by atoms with E-state index < -0.39 is 0 Å². The van der Waals surface area contributed by atoms with E-state index in [9.17, 15) is 4.79 Å². The monoisotopic (exact) mass is 307 g/mol. The second kappa shape index (κ2) is 9.82. The van der Waals surface area contributed by atoms with E-state index in [1.165, 1.54) is 5.56 Å². The summed E-state index contributed by atoms with van der Waals surface area (Å²) in [4.78, 5) is 15.0. The molecule has 0 saturated carbocycles. The van der Waals surface area contributed by atoms with Crippen LogP contribution in [0.25, 0.3) is 0 Å². The first-order chi connectivity index (χ1) is 10.3. The maximum absolute atomic E-state index is 9.95. The van der Waals surface area contributed by atoms with Crippen molar-refractivity contribution in [1.29, 1.82) is 0 Å². The fourth-order valence-corrected chi connectivity index (χ4v) is 1.58. The van der Waals surface area contributed by atoms with Gasteiger partial charge in [0.2, 0.25) is 6.41 Å². The second-order valence-corrected chi connectivity index (χ2v) is 5.88. The SMILES string of the molecule is CC.CC(C)(C)C1CC(N)=NO1.Cc1ccc(NC=O)cc1.